The van der Waals surface area contributed by atoms with Crippen LogP contribution >= 0.6 is 11.6 Å². The van der Waals surface area contributed by atoms with Crippen LogP contribution in [0.2, 0.25) is 5.02 Å². The fourth-order valence-electron chi connectivity index (χ4n) is 3.50. The third-order valence-electron chi connectivity index (χ3n) is 4.81. The van der Waals surface area contributed by atoms with E-state index in [4.69, 9.17) is 16.3 Å². The zero-order chi connectivity index (χ0) is 18.8. The van der Waals surface area contributed by atoms with E-state index in [1.165, 1.54) is 0 Å². The van der Waals surface area contributed by atoms with E-state index in [-0.39, 0.29) is 12.1 Å². The molecule has 27 heavy (non-hydrogen) atoms. The lowest BCUT2D eigenvalue weighted by molar-refractivity contribution is 0.182. The van der Waals surface area contributed by atoms with Crippen molar-refractivity contribution in [3.05, 3.63) is 83.1 Å². The van der Waals surface area contributed by atoms with Gasteiger partial charge in [0, 0.05) is 35.7 Å². The van der Waals surface area contributed by atoms with Crippen molar-refractivity contribution in [3.63, 3.8) is 0 Å². The molecule has 1 aliphatic rings. The van der Waals surface area contributed by atoms with Crippen LogP contribution in [0.3, 0.4) is 0 Å². The molecule has 1 aromatic heterocycles. The van der Waals surface area contributed by atoms with Crippen LogP contribution in [0.5, 0.6) is 5.75 Å². The van der Waals surface area contributed by atoms with Gasteiger partial charge in [-0.15, -0.1) is 0 Å². The summed E-state index contributed by atoms with van der Waals surface area (Å²) < 4.78 is 7.46. The Balaban J connectivity index is 1.66. The number of ether oxygens (including phenoxy) is 1. The van der Waals surface area contributed by atoms with Gasteiger partial charge >= 0.3 is 6.03 Å². The molecule has 1 atom stereocenters. The summed E-state index contributed by atoms with van der Waals surface area (Å²) in [6.07, 6.45) is 2.05. The third kappa shape index (κ3) is 3.51. The first-order valence-corrected chi connectivity index (χ1v) is 9.15. The molecule has 0 saturated carbocycles. The first-order chi connectivity index (χ1) is 13.2. The van der Waals surface area contributed by atoms with Gasteiger partial charge in [-0.3, -0.25) is 0 Å². The van der Waals surface area contributed by atoms with Gasteiger partial charge in [-0.2, -0.15) is 0 Å². The van der Waals surface area contributed by atoms with Crippen molar-refractivity contribution in [1.29, 1.82) is 0 Å². The first kappa shape index (κ1) is 17.5. The van der Waals surface area contributed by atoms with Crippen LogP contribution < -0.4 is 10.1 Å². The minimum absolute atomic E-state index is 0.148. The fraction of sp³-hybridized carbons (Fsp3) is 0.190. The number of benzene rings is 2. The summed E-state index contributed by atoms with van der Waals surface area (Å²) in [4.78, 5) is 14.9. The number of rotatable bonds is 3. The van der Waals surface area contributed by atoms with Crippen molar-refractivity contribution in [2.75, 3.05) is 19.0 Å². The molecular formula is C21H20ClN3O2. The van der Waals surface area contributed by atoms with Crippen LogP contribution in [-0.4, -0.2) is 29.2 Å². The Morgan fingerprint density at radius 3 is 2.67 bits per heavy atom. The Kier molecular flexibility index (Phi) is 4.77. The number of urea groups is 1. The molecule has 0 bridgehead atoms. The number of nitrogens with zero attached hydrogens (tertiary/aromatic N) is 2. The summed E-state index contributed by atoms with van der Waals surface area (Å²) in [6.45, 7) is 1.38. The van der Waals surface area contributed by atoms with Gasteiger partial charge in [-0.05, 0) is 48.0 Å². The second-order valence-electron chi connectivity index (χ2n) is 6.44. The number of carbonyl (C=O) groups excluding carboxylic acids is 1. The molecule has 6 heteroatoms. The molecule has 1 unspecified atom stereocenters. The SMILES string of the molecule is COc1ccc(C2c3cccn3CCN2C(=O)Nc2cccc(Cl)c2)cc1. The van der Waals surface area contributed by atoms with E-state index >= 15 is 0 Å². The molecule has 2 heterocycles. The predicted molar refractivity (Wildman–Crippen MR) is 106 cm³/mol. The molecule has 0 radical (unpaired) electrons. The smallest absolute Gasteiger partial charge is 0.322 e. The maximum atomic E-state index is 13.1. The van der Waals surface area contributed by atoms with E-state index in [9.17, 15) is 4.79 Å². The molecule has 0 saturated heterocycles. The molecule has 3 aromatic rings. The zero-order valence-electron chi connectivity index (χ0n) is 14.9. The molecule has 2 amide bonds. The Bertz CT molecular complexity index is 952. The molecule has 4 rings (SSSR count). The van der Waals surface area contributed by atoms with E-state index in [1.54, 1.807) is 19.2 Å². The molecule has 1 N–H and O–H groups in total. The summed E-state index contributed by atoms with van der Waals surface area (Å²) >= 11 is 6.04. The van der Waals surface area contributed by atoms with E-state index in [0.29, 0.717) is 17.3 Å². The summed E-state index contributed by atoms with van der Waals surface area (Å²) in [5, 5.41) is 3.56. The van der Waals surface area contributed by atoms with Gasteiger partial charge in [0.2, 0.25) is 0 Å². The predicted octanol–water partition coefficient (Wildman–Crippen LogP) is 4.79. The summed E-state index contributed by atoms with van der Waals surface area (Å²) in [7, 11) is 1.64. The van der Waals surface area contributed by atoms with Gasteiger partial charge in [0.05, 0.1) is 13.2 Å². The van der Waals surface area contributed by atoms with Gasteiger partial charge in [-0.25, -0.2) is 4.79 Å². The quantitative estimate of drug-likeness (QED) is 0.709. The minimum atomic E-state index is -0.168. The Morgan fingerprint density at radius 2 is 1.93 bits per heavy atom. The topological polar surface area (TPSA) is 46.5 Å². The number of anilines is 1. The van der Waals surface area contributed by atoms with E-state index in [1.807, 2.05) is 47.4 Å². The van der Waals surface area contributed by atoms with E-state index in [2.05, 4.69) is 22.1 Å². The van der Waals surface area contributed by atoms with Crippen molar-refractivity contribution in [2.45, 2.75) is 12.6 Å². The second kappa shape index (κ2) is 7.37. The zero-order valence-corrected chi connectivity index (χ0v) is 15.7. The minimum Gasteiger partial charge on any atom is -0.497 e. The highest BCUT2D eigenvalue weighted by atomic mass is 35.5. The van der Waals surface area contributed by atoms with E-state index in [0.717, 1.165) is 23.6 Å². The number of hydrogen-bond acceptors (Lipinski definition) is 2. The Hall–Kier alpha value is -2.92. The average molecular weight is 382 g/mol. The van der Waals surface area contributed by atoms with Gasteiger partial charge in [-0.1, -0.05) is 29.8 Å². The standard InChI is InChI=1S/C21H20ClN3O2/c1-27-18-9-7-15(8-10-18)20-19-6-3-11-24(19)12-13-25(20)21(26)23-17-5-2-4-16(22)14-17/h2-11,14,20H,12-13H2,1H3,(H,23,26). The van der Waals surface area contributed by atoms with Crippen LogP contribution in [0.4, 0.5) is 10.5 Å². The number of aromatic nitrogens is 1. The normalized spacial score (nSPS) is 15.9. The lowest BCUT2D eigenvalue weighted by Crippen LogP contribution is -2.44. The van der Waals surface area contributed by atoms with Gasteiger partial charge < -0.3 is 19.5 Å². The molecule has 0 fully saturated rings. The van der Waals surface area contributed by atoms with E-state index < -0.39 is 0 Å². The van der Waals surface area contributed by atoms with Crippen molar-refractivity contribution in [1.82, 2.24) is 9.47 Å². The molecular weight excluding hydrogens is 362 g/mol. The number of methoxy groups -OCH3 is 1. The molecule has 5 nitrogen and oxygen atoms in total. The molecule has 0 aliphatic carbocycles. The fourth-order valence-corrected chi connectivity index (χ4v) is 3.69. The van der Waals surface area contributed by atoms with Crippen LogP contribution in [0, 0.1) is 0 Å². The summed E-state index contributed by atoms with van der Waals surface area (Å²) in [5.74, 6) is 0.792. The number of fused-ring (bicyclic) bond motifs is 1. The monoisotopic (exact) mass is 381 g/mol. The molecule has 1 aliphatic heterocycles. The van der Waals surface area contributed by atoms with Crippen molar-refractivity contribution in [2.24, 2.45) is 0 Å². The maximum Gasteiger partial charge on any atom is 0.322 e. The van der Waals surface area contributed by atoms with Crippen molar-refractivity contribution in [3.8, 4) is 5.75 Å². The van der Waals surface area contributed by atoms with Crippen LogP contribution in [0.15, 0.2) is 66.9 Å². The number of halogens is 1. The second-order valence-corrected chi connectivity index (χ2v) is 6.87. The highest BCUT2D eigenvalue weighted by molar-refractivity contribution is 6.30. The third-order valence-corrected chi connectivity index (χ3v) is 5.04. The number of carbonyl (C=O) groups is 1. The van der Waals surface area contributed by atoms with Crippen LogP contribution in [-0.2, 0) is 6.54 Å². The number of amides is 2. The number of nitrogens with one attached hydrogen (secondary N) is 1. The molecule has 0 spiro atoms. The van der Waals surface area contributed by atoms with Gasteiger partial charge in [0.1, 0.15) is 5.75 Å². The number of hydrogen-bond donors (Lipinski definition) is 1. The lowest BCUT2D eigenvalue weighted by atomic mass is 10.00. The lowest BCUT2D eigenvalue weighted by Gasteiger charge is -2.37. The average Bonchev–Trinajstić information content (AvgIpc) is 3.16. The van der Waals surface area contributed by atoms with Crippen LogP contribution in [0.25, 0.3) is 0 Å². The van der Waals surface area contributed by atoms with Crippen molar-refractivity contribution >= 4 is 23.3 Å². The van der Waals surface area contributed by atoms with Crippen molar-refractivity contribution < 1.29 is 9.53 Å². The summed E-state index contributed by atoms with van der Waals surface area (Å²) in [6, 6.07) is 18.8. The Labute approximate surface area is 163 Å². The maximum absolute atomic E-state index is 13.1. The highest BCUT2D eigenvalue weighted by Gasteiger charge is 2.32. The first-order valence-electron chi connectivity index (χ1n) is 8.78. The highest BCUT2D eigenvalue weighted by Crippen LogP contribution is 2.33. The van der Waals surface area contributed by atoms with Crippen LogP contribution in [0.1, 0.15) is 17.3 Å². The van der Waals surface area contributed by atoms with Gasteiger partial charge in [0.15, 0.2) is 0 Å². The molecule has 2 aromatic carbocycles. The largest absolute Gasteiger partial charge is 0.497 e. The Morgan fingerprint density at radius 1 is 1.11 bits per heavy atom. The molecule has 138 valence electrons. The van der Waals surface area contributed by atoms with Gasteiger partial charge in [0.25, 0.3) is 0 Å². The summed E-state index contributed by atoms with van der Waals surface area (Å²) in [5.41, 5.74) is 2.81.